The van der Waals surface area contributed by atoms with Gasteiger partial charge in [0, 0.05) is 44.5 Å². The van der Waals surface area contributed by atoms with E-state index < -0.39 is 0 Å². The standard InChI is InChI=1S/C25H30N6O2/c1-30-7-9-31(10-8-30)24-13-17(20-15-27-28-16-20)4-6-22(24)29-25(32)23-12-19-11-21(33-2)5-3-18(19)14-26-23/h3-6,11,13,15-16,23,26H,7-10,12,14H2,1-2H3,(H,27,28)(H,29,32). The van der Waals surface area contributed by atoms with E-state index in [1.54, 1.807) is 7.11 Å². The van der Waals surface area contributed by atoms with Gasteiger partial charge >= 0.3 is 0 Å². The van der Waals surface area contributed by atoms with Crippen LogP contribution in [0.25, 0.3) is 11.1 Å². The summed E-state index contributed by atoms with van der Waals surface area (Å²) in [6, 6.07) is 12.0. The highest BCUT2D eigenvalue weighted by atomic mass is 16.5. The molecule has 1 atom stereocenters. The molecule has 0 saturated carbocycles. The maximum atomic E-state index is 13.3. The summed E-state index contributed by atoms with van der Waals surface area (Å²) in [7, 11) is 3.81. The molecule has 0 bridgehead atoms. The number of amides is 1. The van der Waals surface area contributed by atoms with Gasteiger partial charge in [-0.15, -0.1) is 0 Å². The Morgan fingerprint density at radius 1 is 1.09 bits per heavy atom. The molecule has 1 saturated heterocycles. The first-order valence-electron chi connectivity index (χ1n) is 11.4. The Labute approximate surface area is 193 Å². The second-order valence-electron chi connectivity index (χ2n) is 8.77. The number of carbonyl (C=O) groups is 1. The molecular weight excluding hydrogens is 416 g/mol. The minimum atomic E-state index is -0.293. The van der Waals surface area contributed by atoms with Crippen LogP contribution in [0.3, 0.4) is 0 Å². The van der Waals surface area contributed by atoms with E-state index in [0.29, 0.717) is 13.0 Å². The molecule has 0 aliphatic carbocycles. The van der Waals surface area contributed by atoms with E-state index in [-0.39, 0.29) is 11.9 Å². The molecule has 2 aliphatic rings. The van der Waals surface area contributed by atoms with Crippen LogP contribution in [0.5, 0.6) is 5.75 Å². The monoisotopic (exact) mass is 446 g/mol. The molecule has 2 aromatic carbocycles. The summed E-state index contributed by atoms with van der Waals surface area (Å²) in [5.41, 5.74) is 6.36. The van der Waals surface area contributed by atoms with Crippen LogP contribution in [-0.4, -0.2) is 67.4 Å². The van der Waals surface area contributed by atoms with Crippen LogP contribution in [0.2, 0.25) is 0 Å². The lowest BCUT2D eigenvalue weighted by molar-refractivity contribution is -0.118. The zero-order valence-corrected chi connectivity index (χ0v) is 19.1. The van der Waals surface area contributed by atoms with Gasteiger partial charge in [-0.05, 0) is 54.4 Å². The Hall–Kier alpha value is -3.36. The maximum absolute atomic E-state index is 13.3. The number of nitrogens with zero attached hydrogens (tertiary/aromatic N) is 3. The minimum absolute atomic E-state index is 0.0186. The van der Waals surface area contributed by atoms with Gasteiger partial charge in [0.1, 0.15) is 5.75 Å². The quantitative estimate of drug-likeness (QED) is 0.558. The molecule has 3 aromatic rings. The molecule has 1 unspecified atom stereocenters. The number of hydrogen-bond donors (Lipinski definition) is 3. The number of piperazine rings is 1. The lowest BCUT2D eigenvalue weighted by Crippen LogP contribution is -2.46. The molecule has 1 aromatic heterocycles. The molecule has 0 radical (unpaired) electrons. The first-order chi connectivity index (χ1) is 16.1. The van der Waals surface area contributed by atoms with Crippen LogP contribution in [0, 0.1) is 0 Å². The van der Waals surface area contributed by atoms with Crippen LogP contribution < -0.4 is 20.3 Å². The lowest BCUT2D eigenvalue weighted by atomic mass is 9.95. The number of aromatic amines is 1. The number of aromatic nitrogens is 2. The smallest absolute Gasteiger partial charge is 0.241 e. The number of nitrogens with one attached hydrogen (secondary N) is 3. The fourth-order valence-corrected chi connectivity index (χ4v) is 4.56. The highest BCUT2D eigenvalue weighted by Crippen LogP contribution is 2.33. The topological polar surface area (TPSA) is 85.5 Å². The summed E-state index contributed by atoms with van der Waals surface area (Å²) in [6.45, 7) is 4.49. The zero-order valence-electron chi connectivity index (χ0n) is 19.1. The molecule has 3 heterocycles. The molecular formula is C25H30N6O2. The van der Waals surface area contributed by atoms with Gasteiger partial charge < -0.3 is 25.2 Å². The van der Waals surface area contributed by atoms with E-state index in [9.17, 15) is 4.79 Å². The number of rotatable bonds is 5. The normalized spacial score (nSPS) is 18.6. The van der Waals surface area contributed by atoms with E-state index in [2.05, 4.69) is 49.8 Å². The number of benzene rings is 2. The van der Waals surface area contributed by atoms with Crippen molar-refractivity contribution in [2.24, 2.45) is 0 Å². The number of H-pyrrole nitrogens is 1. The Balaban J connectivity index is 1.38. The Kier molecular flexibility index (Phi) is 6.02. The maximum Gasteiger partial charge on any atom is 0.241 e. The van der Waals surface area contributed by atoms with Crippen LogP contribution in [0.1, 0.15) is 11.1 Å². The van der Waals surface area contributed by atoms with Crippen molar-refractivity contribution in [1.29, 1.82) is 0 Å². The van der Waals surface area contributed by atoms with E-state index in [0.717, 1.165) is 60.0 Å². The van der Waals surface area contributed by atoms with E-state index in [1.807, 2.05) is 36.7 Å². The Morgan fingerprint density at radius 2 is 1.94 bits per heavy atom. The number of likely N-dealkylation sites (N-methyl/N-ethyl adjacent to an activating group) is 1. The fourth-order valence-electron chi connectivity index (χ4n) is 4.56. The molecule has 8 nitrogen and oxygen atoms in total. The molecule has 2 aliphatic heterocycles. The van der Waals surface area contributed by atoms with Gasteiger partial charge in [0.2, 0.25) is 5.91 Å². The number of hydrogen-bond acceptors (Lipinski definition) is 6. The molecule has 3 N–H and O–H groups in total. The summed E-state index contributed by atoms with van der Waals surface area (Å²) in [4.78, 5) is 18.0. The summed E-state index contributed by atoms with van der Waals surface area (Å²) in [5.74, 6) is 0.803. The molecule has 8 heteroatoms. The average molecular weight is 447 g/mol. The lowest BCUT2D eigenvalue weighted by Gasteiger charge is -2.35. The first-order valence-corrected chi connectivity index (χ1v) is 11.4. The van der Waals surface area contributed by atoms with Crippen molar-refractivity contribution in [1.82, 2.24) is 20.4 Å². The molecule has 1 amide bonds. The van der Waals surface area contributed by atoms with Crippen LogP contribution in [0.15, 0.2) is 48.8 Å². The van der Waals surface area contributed by atoms with Crippen molar-refractivity contribution in [3.63, 3.8) is 0 Å². The molecule has 33 heavy (non-hydrogen) atoms. The zero-order chi connectivity index (χ0) is 22.8. The number of anilines is 2. The van der Waals surface area contributed by atoms with Crippen molar-refractivity contribution < 1.29 is 9.53 Å². The van der Waals surface area contributed by atoms with Gasteiger partial charge in [-0.3, -0.25) is 9.89 Å². The molecule has 0 spiro atoms. The highest BCUT2D eigenvalue weighted by molar-refractivity contribution is 5.98. The third-order valence-electron chi connectivity index (χ3n) is 6.62. The predicted octanol–water partition coefficient (Wildman–Crippen LogP) is 2.49. The van der Waals surface area contributed by atoms with Crippen LogP contribution >= 0.6 is 0 Å². The van der Waals surface area contributed by atoms with Crippen molar-refractivity contribution in [3.05, 3.63) is 59.9 Å². The largest absolute Gasteiger partial charge is 0.497 e. The molecule has 1 fully saturated rings. The summed E-state index contributed by atoms with van der Waals surface area (Å²) < 4.78 is 5.37. The summed E-state index contributed by atoms with van der Waals surface area (Å²) >= 11 is 0. The molecule has 172 valence electrons. The second kappa shape index (κ2) is 9.25. The number of fused-ring (bicyclic) bond motifs is 1. The van der Waals surface area contributed by atoms with Crippen molar-refractivity contribution in [2.75, 3.05) is 50.6 Å². The molecule has 5 rings (SSSR count). The van der Waals surface area contributed by atoms with Gasteiger partial charge in [0.25, 0.3) is 0 Å². The first kappa shape index (κ1) is 21.5. The Morgan fingerprint density at radius 3 is 2.70 bits per heavy atom. The minimum Gasteiger partial charge on any atom is -0.497 e. The SMILES string of the molecule is COc1ccc2c(c1)CC(C(=O)Nc1ccc(-c3cn[nH]c3)cc1N1CCN(C)CC1)NC2. The van der Waals surface area contributed by atoms with E-state index in [4.69, 9.17) is 4.74 Å². The summed E-state index contributed by atoms with van der Waals surface area (Å²) in [5, 5.41) is 13.6. The summed E-state index contributed by atoms with van der Waals surface area (Å²) in [6.07, 6.45) is 4.34. The average Bonchev–Trinajstić information content (AvgIpc) is 3.39. The van der Waals surface area contributed by atoms with Crippen LogP contribution in [0.4, 0.5) is 11.4 Å². The van der Waals surface area contributed by atoms with E-state index >= 15 is 0 Å². The van der Waals surface area contributed by atoms with Gasteiger partial charge in [-0.2, -0.15) is 5.10 Å². The van der Waals surface area contributed by atoms with Gasteiger partial charge in [0.15, 0.2) is 0 Å². The van der Waals surface area contributed by atoms with Gasteiger partial charge in [-0.25, -0.2) is 0 Å². The van der Waals surface area contributed by atoms with Gasteiger partial charge in [-0.1, -0.05) is 12.1 Å². The fraction of sp³-hybridized carbons (Fsp3) is 0.360. The number of methoxy groups -OCH3 is 1. The van der Waals surface area contributed by atoms with E-state index in [1.165, 1.54) is 5.56 Å². The van der Waals surface area contributed by atoms with Gasteiger partial charge in [0.05, 0.1) is 30.7 Å². The van der Waals surface area contributed by atoms with Crippen molar-refractivity contribution in [2.45, 2.75) is 19.0 Å². The van der Waals surface area contributed by atoms with Crippen LogP contribution in [-0.2, 0) is 17.8 Å². The number of carbonyl (C=O) groups excluding carboxylic acids is 1. The van der Waals surface area contributed by atoms with Crippen molar-refractivity contribution >= 4 is 17.3 Å². The predicted molar refractivity (Wildman–Crippen MR) is 130 cm³/mol. The second-order valence-corrected chi connectivity index (χ2v) is 8.77. The third kappa shape index (κ3) is 4.58. The number of ether oxygens (including phenoxy) is 1. The third-order valence-corrected chi connectivity index (χ3v) is 6.62. The highest BCUT2D eigenvalue weighted by Gasteiger charge is 2.26. The Bertz CT molecular complexity index is 1120. The van der Waals surface area contributed by atoms with Crippen molar-refractivity contribution in [3.8, 4) is 16.9 Å².